The van der Waals surface area contributed by atoms with Gasteiger partial charge in [0.1, 0.15) is 11.3 Å². The van der Waals surface area contributed by atoms with Gasteiger partial charge in [-0.1, -0.05) is 23.5 Å². The number of hydrogen-bond acceptors (Lipinski definition) is 5. The van der Waals surface area contributed by atoms with Crippen LogP contribution in [0.15, 0.2) is 36.4 Å². The van der Waals surface area contributed by atoms with Gasteiger partial charge >= 0.3 is 6.03 Å². The van der Waals surface area contributed by atoms with E-state index in [9.17, 15) is 9.18 Å². The first-order valence-corrected chi connectivity index (χ1v) is 9.18. The SMILES string of the molecule is Cc1nc2c(ccc3nc(NC(=O)NCc4ccc(F)cc4)sc32)s1. The Morgan fingerprint density at radius 1 is 1.12 bits per heavy atom. The molecule has 0 atom stereocenters. The van der Waals surface area contributed by atoms with Crippen LogP contribution in [0.2, 0.25) is 0 Å². The highest BCUT2D eigenvalue weighted by Crippen LogP contribution is 2.34. The molecule has 0 fully saturated rings. The topological polar surface area (TPSA) is 66.9 Å². The van der Waals surface area contributed by atoms with Crippen molar-refractivity contribution in [2.24, 2.45) is 0 Å². The molecule has 2 aromatic heterocycles. The number of fused-ring (bicyclic) bond motifs is 3. The highest BCUT2D eigenvalue weighted by molar-refractivity contribution is 7.24. The lowest BCUT2D eigenvalue weighted by molar-refractivity contribution is 0.251. The summed E-state index contributed by atoms with van der Waals surface area (Å²) in [4.78, 5) is 21.0. The summed E-state index contributed by atoms with van der Waals surface area (Å²) < 4.78 is 15.0. The number of aryl methyl sites for hydroxylation is 1. The first kappa shape index (κ1) is 15.9. The Morgan fingerprint density at radius 3 is 2.72 bits per heavy atom. The molecular formula is C17H13FN4OS2. The van der Waals surface area contributed by atoms with Gasteiger partial charge in [0.2, 0.25) is 0 Å². The van der Waals surface area contributed by atoms with Gasteiger partial charge in [0.15, 0.2) is 5.13 Å². The van der Waals surface area contributed by atoms with E-state index >= 15 is 0 Å². The fourth-order valence-corrected chi connectivity index (χ4v) is 4.32. The Bertz CT molecular complexity index is 1070. The van der Waals surface area contributed by atoms with E-state index in [0.29, 0.717) is 11.7 Å². The number of amides is 2. The predicted molar refractivity (Wildman–Crippen MR) is 99.8 cm³/mol. The van der Waals surface area contributed by atoms with Gasteiger partial charge in [0, 0.05) is 6.54 Å². The normalized spacial score (nSPS) is 11.1. The number of rotatable bonds is 3. The van der Waals surface area contributed by atoms with Crippen molar-refractivity contribution >= 4 is 54.3 Å². The van der Waals surface area contributed by atoms with E-state index in [2.05, 4.69) is 20.6 Å². The molecule has 0 bridgehead atoms. The zero-order valence-corrected chi connectivity index (χ0v) is 14.8. The number of carbonyl (C=O) groups is 1. The molecule has 0 saturated carbocycles. The lowest BCUT2D eigenvalue weighted by Gasteiger charge is -2.05. The maximum absolute atomic E-state index is 12.9. The minimum absolute atomic E-state index is 0.300. The maximum atomic E-state index is 12.9. The minimum atomic E-state index is -0.353. The van der Waals surface area contributed by atoms with Gasteiger partial charge in [0.25, 0.3) is 0 Å². The molecule has 126 valence electrons. The van der Waals surface area contributed by atoms with Crippen molar-refractivity contribution in [1.29, 1.82) is 0 Å². The Kier molecular flexibility index (Phi) is 4.06. The predicted octanol–water partition coefficient (Wildman–Crippen LogP) is 4.68. The first-order valence-electron chi connectivity index (χ1n) is 7.54. The van der Waals surface area contributed by atoms with E-state index in [1.54, 1.807) is 23.5 Å². The first-order chi connectivity index (χ1) is 12.1. The molecule has 0 radical (unpaired) electrons. The van der Waals surface area contributed by atoms with Crippen molar-refractivity contribution < 1.29 is 9.18 Å². The number of halogens is 1. The number of urea groups is 1. The van der Waals surface area contributed by atoms with E-state index in [4.69, 9.17) is 0 Å². The molecule has 0 saturated heterocycles. The average Bonchev–Trinajstić information content (AvgIpc) is 3.16. The summed E-state index contributed by atoms with van der Waals surface area (Å²) in [6, 6.07) is 9.58. The Morgan fingerprint density at radius 2 is 1.92 bits per heavy atom. The highest BCUT2D eigenvalue weighted by Gasteiger charge is 2.12. The second-order valence-electron chi connectivity index (χ2n) is 5.45. The van der Waals surface area contributed by atoms with E-state index in [1.807, 2.05) is 19.1 Å². The molecular weight excluding hydrogens is 359 g/mol. The third-order valence-electron chi connectivity index (χ3n) is 3.61. The summed E-state index contributed by atoms with van der Waals surface area (Å²) in [6.07, 6.45) is 0. The van der Waals surface area contributed by atoms with Gasteiger partial charge in [-0.05, 0) is 36.8 Å². The molecule has 2 heterocycles. The number of hydrogen-bond donors (Lipinski definition) is 2. The summed E-state index contributed by atoms with van der Waals surface area (Å²) >= 11 is 3.04. The second kappa shape index (κ2) is 6.38. The van der Waals surface area contributed by atoms with Crippen LogP contribution in [0.4, 0.5) is 14.3 Å². The van der Waals surface area contributed by atoms with Crippen molar-refractivity contribution in [2.75, 3.05) is 5.32 Å². The fourth-order valence-electron chi connectivity index (χ4n) is 2.47. The Labute approximate surface area is 150 Å². The Balaban J connectivity index is 1.49. The molecule has 8 heteroatoms. The smallest absolute Gasteiger partial charge is 0.321 e. The summed E-state index contributed by atoms with van der Waals surface area (Å²) in [5, 5.41) is 7.00. The van der Waals surface area contributed by atoms with Gasteiger partial charge in [-0.2, -0.15) is 0 Å². The molecule has 4 aromatic rings. The van der Waals surface area contributed by atoms with Crippen LogP contribution in [0, 0.1) is 12.7 Å². The summed E-state index contributed by atoms with van der Waals surface area (Å²) in [6.45, 7) is 2.28. The van der Waals surface area contributed by atoms with Crippen molar-refractivity contribution in [3.05, 3.63) is 52.8 Å². The lowest BCUT2D eigenvalue weighted by atomic mass is 10.2. The van der Waals surface area contributed by atoms with Gasteiger partial charge in [-0.15, -0.1) is 11.3 Å². The summed E-state index contributed by atoms with van der Waals surface area (Å²) in [7, 11) is 0. The molecule has 5 nitrogen and oxygen atoms in total. The lowest BCUT2D eigenvalue weighted by Crippen LogP contribution is -2.28. The van der Waals surface area contributed by atoms with Gasteiger partial charge in [0.05, 0.1) is 19.9 Å². The van der Waals surface area contributed by atoms with Gasteiger partial charge in [-0.25, -0.2) is 19.2 Å². The molecule has 0 spiro atoms. The number of benzene rings is 2. The van der Waals surface area contributed by atoms with Crippen LogP contribution < -0.4 is 10.6 Å². The van der Waals surface area contributed by atoms with Crippen LogP contribution in [0.25, 0.3) is 20.4 Å². The van der Waals surface area contributed by atoms with Gasteiger partial charge < -0.3 is 5.32 Å². The van der Waals surface area contributed by atoms with Gasteiger partial charge in [-0.3, -0.25) is 5.32 Å². The zero-order chi connectivity index (χ0) is 17.4. The minimum Gasteiger partial charge on any atom is -0.334 e. The van der Waals surface area contributed by atoms with E-state index in [0.717, 1.165) is 31.0 Å². The van der Waals surface area contributed by atoms with Crippen LogP contribution in [-0.2, 0) is 6.54 Å². The third-order valence-corrected chi connectivity index (χ3v) is 5.54. The molecule has 0 aliphatic heterocycles. The van der Waals surface area contributed by atoms with Crippen molar-refractivity contribution in [1.82, 2.24) is 15.3 Å². The second-order valence-corrected chi connectivity index (χ2v) is 7.68. The zero-order valence-electron chi connectivity index (χ0n) is 13.2. The number of nitrogens with zero attached hydrogens (tertiary/aromatic N) is 2. The van der Waals surface area contributed by atoms with Crippen LogP contribution in [0.3, 0.4) is 0 Å². The fraction of sp³-hybridized carbons (Fsp3) is 0.118. The molecule has 2 N–H and O–H groups in total. The van der Waals surface area contributed by atoms with Crippen LogP contribution in [-0.4, -0.2) is 16.0 Å². The number of thiazole rings is 2. The summed E-state index contributed by atoms with van der Waals surface area (Å²) in [5.74, 6) is -0.300. The van der Waals surface area contributed by atoms with E-state index in [-0.39, 0.29) is 11.8 Å². The molecule has 0 aliphatic rings. The highest BCUT2D eigenvalue weighted by atomic mass is 32.1. The maximum Gasteiger partial charge on any atom is 0.321 e. The number of anilines is 1. The summed E-state index contributed by atoms with van der Waals surface area (Å²) in [5.41, 5.74) is 2.56. The molecule has 25 heavy (non-hydrogen) atoms. The number of aromatic nitrogens is 2. The number of nitrogens with one attached hydrogen (secondary N) is 2. The molecule has 0 unspecified atom stereocenters. The standard InChI is InChI=1S/C17H13FN4OS2/c1-9-20-14-13(24-9)7-6-12-15(14)25-17(21-12)22-16(23)19-8-10-2-4-11(18)5-3-10/h2-7H,8H2,1H3,(H2,19,21,22,23). The van der Waals surface area contributed by atoms with E-state index in [1.165, 1.54) is 23.5 Å². The van der Waals surface area contributed by atoms with Crippen LogP contribution >= 0.6 is 22.7 Å². The molecule has 2 amide bonds. The largest absolute Gasteiger partial charge is 0.334 e. The molecule has 2 aromatic carbocycles. The van der Waals surface area contributed by atoms with Crippen molar-refractivity contribution in [3.63, 3.8) is 0 Å². The Hall–Kier alpha value is -2.58. The third kappa shape index (κ3) is 3.31. The molecule has 0 aliphatic carbocycles. The van der Waals surface area contributed by atoms with Crippen LogP contribution in [0.1, 0.15) is 10.6 Å². The average molecular weight is 372 g/mol. The van der Waals surface area contributed by atoms with Crippen LogP contribution in [0.5, 0.6) is 0 Å². The monoisotopic (exact) mass is 372 g/mol. The molecule has 4 rings (SSSR count). The van der Waals surface area contributed by atoms with E-state index < -0.39 is 0 Å². The van der Waals surface area contributed by atoms with Crippen molar-refractivity contribution in [2.45, 2.75) is 13.5 Å². The quantitative estimate of drug-likeness (QED) is 0.549. The number of carbonyl (C=O) groups excluding carboxylic acids is 1. The van der Waals surface area contributed by atoms with Crippen molar-refractivity contribution in [3.8, 4) is 0 Å².